The molecule has 0 saturated carbocycles. The number of rotatable bonds is 4. The molecule has 0 amide bonds. The lowest BCUT2D eigenvalue weighted by Gasteiger charge is -2.18. The summed E-state index contributed by atoms with van der Waals surface area (Å²) in [6.45, 7) is 7.74. The van der Waals surface area contributed by atoms with Gasteiger partial charge in [0.2, 0.25) is 0 Å². The molecule has 17 heavy (non-hydrogen) atoms. The monoisotopic (exact) mass is 250 g/mol. The van der Waals surface area contributed by atoms with Gasteiger partial charge in [0.15, 0.2) is 0 Å². The van der Waals surface area contributed by atoms with Crippen molar-refractivity contribution in [3.05, 3.63) is 29.3 Å². The van der Waals surface area contributed by atoms with E-state index in [1.807, 2.05) is 26.0 Å². The summed E-state index contributed by atoms with van der Waals surface area (Å²) in [7, 11) is 3.29. The molecule has 1 aromatic carbocycles. The van der Waals surface area contributed by atoms with Crippen molar-refractivity contribution in [2.24, 2.45) is 0 Å². The zero-order valence-corrected chi connectivity index (χ0v) is 11.6. The maximum Gasteiger partial charge on any atom is 0.140 e. The first-order valence-electron chi connectivity index (χ1n) is 5.34. The average molecular weight is 250 g/mol. The van der Waals surface area contributed by atoms with Crippen molar-refractivity contribution in [2.75, 3.05) is 14.2 Å². The van der Waals surface area contributed by atoms with E-state index in [2.05, 4.69) is 19.2 Å². The smallest absolute Gasteiger partial charge is 0.140 e. The standard InChI is InChI=1S/C14H18O2S/c1-6-8-11-10(7-2)12(15-4)9(3)14(17)13(11)16-5/h6-8,17H,2H2,1,3-5H3/b8-6-. The summed E-state index contributed by atoms with van der Waals surface area (Å²) >= 11 is 4.49. The molecule has 3 heteroatoms. The minimum absolute atomic E-state index is 0.750. The van der Waals surface area contributed by atoms with Crippen LogP contribution >= 0.6 is 12.6 Å². The summed E-state index contributed by atoms with van der Waals surface area (Å²) < 4.78 is 10.8. The highest BCUT2D eigenvalue weighted by Crippen LogP contribution is 2.41. The van der Waals surface area contributed by atoms with Crippen molar-refractivity contribution in [1.82, 2.24) is 0 Å². The van der Waals surface area contributed by atoms with E-state index < -0.39 is 0 Å². The fourth-order valence-corrected chi connectivity index (χ4v) is 2.17. The van der Waals surface area contributed by atoms with Crippen molar-refractivity contribution in [1.29, 1.82) is 0 Å². The molecule has 0 spiro atoms. The second-order valence-electron chi connectivity index (χ2n) is 3.57. The Morgan fingerprint density at radius 1 is 1.12 bits per heavy atom. The summed E-state index contributed by atoms with van der Waals surface area (Å²) in [5, 5.41) is 0. The van der Waals surface area contributed by atoms with Gasteiger partial charge < -0.3 is 9.47 Å². The Bertz CT molecular complexity index is 462. The molecule has 0 saturated heterocycles. The highest BCUT2D eigenvalue weighted by molar-refractivity contribution is 7.80. The van der Waals surface area contributed by atoms with Crippen molar-refractivity contribution in [2.45, 2.75) is 18.7 Å². The van der Waals surface area contributed by atoms with Gasteiger partial charge in [0.05, 0.1) is 19.1 Å². The lowest BCUT2D eigenvalue weighted by atomic mass is 10.0. The molecule has 1 rings (SSSR count). The van der Waals surface area contributed by atoms with Gasteiger partial charge in [-0.05, 0) is 13.8 Å². The maximum atomic E-state index is 5.42. The Labute approximate surface area is 108 Å². The van der Waals surface area contributed by atoms with Crippen LogP contribution in [0.3, 0.4) is 0 Å². The molecule has 2 nitrogen and oxygen atoms in total. The molecule has 1 aromatic rings. The zero-order valence-electron chi connectivity index (χ0n) is 10.7. The minimum atomic E-state index is 0.750. The Kier molecular flexibility index (Phi) is 4.70. The van der Waals surface area contributed by atoms with Gasteiger partial charge in [-0.3, -0.25) is 0 Å². The summed E-state index contributed by atoms with van der Waals surface area (Å²) in [5.74, 6) is 1.54. The third-order valence-electron chi connectivity index (χ3n) is 2.64. The fraction of sp³-hybridized carbons (Fsp3) is 0.286. The van der Waals surface area contributed by atoms with Crippen molar-refractivity contribution in [3.8, 4) is 11.5 Å². The molecule has 92 valence electrons. The van der Waals surface area contributed by atoms with Crippen molar-refractivity contribution >= 4 is 24.8 Å². The quantitative estimate of drug-likeness (QED) is 0.815. The number of methoxy groups -OCH3 is 2. The normalized spacial score (nSPS) is 10.6. The lowest BCUT2D eigenvalue weighted by Crippen LogP contribution is -1.99. The van der Waals surface area contributed by atoms with Crippen LogP contribution < -0.4 is 9.47 Å². The number of ether oxygens (including phenoxy) is 2. The number of hydrogen-bond acceptors (Lipinski definition) is 3. The fourth-order valence-electron chi connectivity index (χ4n) is 1.86. The van der Waals surface area contributed by atoms with Gasteiger partial charge in [0, 0.05) is 16.7 Å². The van der Waals surface area contributed by atoms with Crippen LogP contribution in [0, 0.1) is 6.92 Å². The molecule has 0 radical (unpaired) electrons. The van der Waals surface area contributed by atoms with Crippen molar-refractivity contribution in [3.63, 3.8) is 0 Å². The van der Waals surface area contributed by atoms with E-state index in [9.17, 15) is 0 Å². The van der Waals surface area contributed by atoms with Crippen LogP contribution in [0.5, 0.6) is 11.5 Å². The molecule has 0 heterocycles. The van der Waals surface area contributed by atoms with Crippen LogP contribution in [0.4, 0.5) is 0 Å². The first-order valence-corrected chi connectivity index (χ1v) is 5.79. The van der Waals surface area contributed by atoms with Gasteiger partial charge >= 0.3 is 0 Å². The third-order valence-corrected chi connectivity index (χ3v) is 3.17. The van der Waals surface area contributed by atoms with Crippen LogP contribution in [0.25, 0.3) is 12.2 Å². The first-order chi connectivity index (χ1) is 8.12. The Morgan fingerprint density at radius 3 is 2.12 bits per heavy atom. The van der Waals surface area contributed by atoms with Gasteiger partial charge in [-0.15, -0.1) is 12.6 Å². The number of hydrogen-bond donors (Lipinski definition) is 1. The summed E-state index contributed by atoms with van der Waals surface area (Å²) in [4.78, 5) is 0.794. The van der Waals surface area contributed by atoms with E-state index in [0.29, 0.717) is 0 Å². The van der Waals surface area contributed by atoms with Crippen LogP contribution in [-0.2, 0) is 0 Å². The highest BCUT2D eigenvalue weighted by atomic mass is 32.1. The second-order valence-corrected chi connectivity index (χ2v) is 4.02. The highest BCUT2D eigenvalue weighted by Gasteiger charge is 2.18. The molecular weight excluding hydrogens is 232 g/mol. The molecule has 0 aliphatic rings. The largest absolute Gasteiger partial charge is 0.496 e. The van der Waals surface area contributed by atoms with Crippen molar-refractivity contribution < 1.29 is 9.47 Å². The van der Waals surface area contributed by atoms with Gasteiger partial charge in [-0.1, -0.05) is 24.8 Å². The average Bonchev–Trinajstić information content (AvgIpc) is 2.33. The number of allylic oxidation sites excluding steroid dienone is 1. The predicted octanol–water partition coefficient (Wildman–Crippen LogP) is 3.98. The van der Waals surface area contributed by atoms with Gasteiger partial charge in [0.1, 0.15) is 11.5 Å². The minimum Gasteiger partial charge on any atom is -0.496 e. The summed E-state index contributed by atoms with van der Waals surface area (Å²) in [6.07, 6.45) is 5.70. The SMILES string of the molecule is C=Cc1c(/C=C\C)c(OC)c(S)c(C)c1OC. The summed E-state index contributed by atoms with van der Waals surface area (Å²) in [6, 6.07) is 0. The molecule has 0 fully saturated rings. The van der Waals surface area contributed by atoms with Gasteiger partial charge in [-0.2, -0.15) is 0 Å². The van der Waals surface area contributed by atoms with Crippen LogP contribution in [0.1, 0.15) is 23.6 Å². The van der Waals surface area contributed by atoms with E-state index in [1.165, 1.54) is 0 Å². The Hall–Kier alpha value is -1.35. The Morgan fingerprint density at radius 2 is 1.71 bits per heavy atom. The van der Waals surface area contributed by atoms with Crippen LogP contribution in [0.15, 0.2) is 17.6 Å². The van der Waals surface area contributed by atoms with E-state index in [1.54, 1.807) is 20.3 Å². The van der Waals surface area contributed by atoms with Crippen LogP contribution in [-0.4, -0.2) is 14.2 Å². The predicted molar refractivity (Wildman–Crippen MR) is 76.3 cm³/mol. The van der Waals surface area contributed by atoms with Crippen LogP contribution in [0.2, 0.25) is 0 Å². The first kappa shape index (κ1) is 13.7. The topological polar surface area (TPSA) is 18.5 Å². The number of benzene rings is 1. The molecule has 0 aliphatic heterocycles. The molecule has 0 N–H and O–H groups in total. The van der Waals surface area contributed by atoms with E-state index >= 15 is 0 Å². The van der Waals surface area contributed by atoms with Gasteiger partial charge in [-0.25, -0.2) is 0 Å². The molecule has 0 bridgehead atoms. The Balaban J connectivity index is 3.75. The number of thiol groups is 1. The molecule has 0 atom stereocenters. The van der Waals surface area contributed by atoms with E-state index in [4.69, 9.17) is 9.47 Å². The lowest BCUT2D eigenvalue weighted by molar-refractivity contribution is 0.390. The van der Waals surface area contributed by atoms with E-state index in [0.717, 1.165) is 33.1 Å². The molecule has 0 unspecified atom stereocenters. The molecule has 0 aromatic heterocycles. The van der Waals surface area contributed by atoms with Gasteiger partial charge in [0.25, 0.3) is 0 Å². The molecule has 0 aliphatic carbocycles. The third kappa shape index (κ3) is 2.34. The molecular formula is C14H18O2S. The zero-order chi connectivity index (χ0) is 13.0. The van der Waals surface area contributed by atoms with E-state index in [-0.39, 0.29) is 0 Å². The second kappa shape index (κ2) is 5.82. The maximum absolute atomic E-state index is 5.42. The summed E-state index contributed by atoms with van der Waals surface area (Å²) in [5.41, 5.74) is 2.83.